The molecule has 1 saturated heterocycles. The van der Waals surface area contributed by atoms with Gasteiger partial charge in [0.05, 0.1) is 5.92 Å². The van der Waals surface area contributed by atoms with Crippen LogP contribution in [0.5, 0.6) is 0 Å². The van der Waals surface area contributed by atoms with E-state index in [9.17, 15) is 4.79 Å². The van der Waals surface area contributed by atoms with Gasteiger partial charge in [0.1, 0.15) is 0 Å². The van der Waals surface area contributed by atoms with E-state index >= 15 is 0 Å². The zero-order valence-electron chi connectivity index (χ0n) is 11.9. The Morgan fingerprint density at radius 2 is 2.29 bits per heavy atom. The number of nitrogens with zero attached hydrogens (tertiary/aromatic N) is 1. The van der Waals surface area contributed by atoms with Crippen molar-refractivity contribution in [1.29, 1.82) is 0 Å². The summed E-state index contributed by atoms with van der Waals surface area (Å²) in [4.78, 5) is 14.3. The summed E-state index contributed by atoms with van der Waals surface area (Å²) in [6, 6.07) is 5.56. The van der Waals surface area contributed by atoms with Gasteiger partial charge in [-0.05, 0) is 37.1 Å². The molecule has 0 spiro atoms. The number of benzene rings is 1. The smallest absolute Gasteiger partial charge is 0.224 e. The van der Waals surface area contributed by atoms with Gasteiger partial charge in [-0.3, -0.25) is 9.69 Å². The maximum atomic E-state index is 12.0. The topological polar surface area (TPSA) is 32.3 Å². The Bertz CT molecular complexity index is 519. The second-order valence-electron chi connectivity index (χ2n) is 5.34. The Balaban J connectivity index is 1.94. The zero-order chi connectivity index (χ0) is 15.2. The van der Waals surface area contributed by atoms with Crippen LogP contribution in [0.1, 0.15) is 18.4 Å². The first-order valence-corrected chi connectivity index (χ1v) is 7.90. The predicted molar refractivity (Wildman–Crippen MR) is 87.7 cm³/mol. The van der Waals surface area contributed by atoms with Crippen LogP contribution in [0.2, 0.25) is 10.0 Å². The number of carbonyl (C=O) groups is 1. The van der Waals surface area contributed by atoms with Crippen LogP contribution in [0, 0.1) is 5.92 Å². The minimum Gasteiger partial charge on any atom is -0.352 e. The van der Waals surface area contributed by atoms with E-state index in [2.05, 4.69) is 16.8 Å². The van der Waals surface area contributed by atoms with E-state index in [4.69, 9.17) is 23.2 Å². The van der Waals surface area contributed by atoms with Crippen LogP contribution >= 0.6 is 23.2 Å². The van der Waals surface area contributed by atoms with Crippen LogP contribution in [-0.2, 0) is 11.3 Å². The third-order valence-electron chi connectivity index (χ3n) is 3.71. The van der Waals surface area contributed by atoms with Crippen LogP contribution < -0.4 is 5.32 Å². The Morgan fingerprint density at radius 3 is 3.00 bits per heavy atom. The highest BCUT2D eigenvalue weighted by Gasteiger charge is 2.25. The van der Waals surface area contributed by atoms with Crippen LogP contribution in [0.15, 0.2) is 30.9 Å². The molecule has 0 aliphatic carbocycles. The van der Waals surface area contributed by atoms with Crippen molar-refractivity contribution in [1.82, 2.24) is 10.2 Å². The Kier molecular flexibility index (Phi) is 6.09. The molecule has 1 atom stereocenters. The number of hydrogen-bond donors (Lipinski definition) is 1. The molecule has 21 heavy (non-hydrogen) atoms. The van der Waals surface area contributed by atoms with Crippen LogP contribution in [0.4, 0.5) is 0 Å². The largest absolute Gasteiger partial charge is 0.352 e. The summed E-state index contributed by atoms with van der Waals surface area (Å²) in [6.45, 7) is 6.65. The molecule has 1 aliphatic rings. The van der Waals surface area contributed by atoms with Crippen molar-refractivity contribution in [3.8, 4) is 0 Å². The summed E-state index contributed by atoms with van der Waals surface area (Å²) in [6.07, 6.45) is 3.66. The first-order chi connectivity index (χ1) is 10.1. The van der Waals surface area contributed by atoms with E-state index in [-0.39, 0.29) is 11.8 Å². The minimum absolute atomic E-state index is 0.0461. The fraction of sp³-hybridized carbons (Fsp3) is 0.438. The molecule has 1 amide bonds. The third-order valence-corrected chi connectivity index (χ3v) is 4.29. The summed E-state index contributed by atoms with van der Waals surface area (Å²) in [5.41, 5.74) is 1.05. The second-order valence-corrected chi connectivity index (χ2v) is 6.19. The first-order valence-electron chi connectivity index (χ1n) is 7.15. The average Bonchev–Trinajstić information content (AvgIpc) is 2.48. The maximum Gasteiger partial charge on any atom is 0.224 e. The molecule has 1 N–H and O–H groups in total. The van der Waals surface area contributed by atoms with Gasteiger partial charge in [0.15, 0.2) is 0 Å². The van der Waals surface area contributed by atoms with Crippen molar-refractivity contribution in [2.24, 2.45) is 5.92 Å². The number of piperidine rings is 1. The Hall–Kier alpha value is -1.03. The molecule has 1 aromatic rings. The van der Waals surface area contributed by atoms with Gasteiger partial charge >= 0.3 is 0 Å². The summed E-state index contributed by atoms with van der Waals surface area (Å²) in [7, 11) is 0. The van der Waals surface area contributed by atoms with Gasteiger partial charge < -0.3 is 5.32 Å². The molecule has 0 saturated carbocycles. The van der Waals surface area contributed by atoms with E-state index < -0.39 is 0 Å². The van der Waals surface area contributed by atoms with Gasteiger partial charge in [-0.2, -0.15) is 0 Å². The molecular weight excluding hydrogens is 307 g/mol. The number of likely N-dealkylation sites (tertiary alicyclic amines) is 1. The number of halogens is 2. The lowest BCUT2D eigenvalue weighted by Crippen LogP contribution is -2.42. The zero-order valence-corrected chi connectivity index (χ0v) is 13.5. The second kappa shape index (κ2) is 7.83. The monoisotopic (exact) mass is 326 g/mol. The molecule has 1 heterocycles. The molecule has 0 bridgehead atoms. The Labute approximate surface area is 135 Å². The summed E-state index contributed by atoms with van der Waals surface area (Å²) in [5, 5.41) is 4.20. The number of rotatable bonds is 5. The van der Waals surface area contributed by atoms with Crippen LogP contribution in [-0.4, -0.2) is 30.4 Å². The minimum atomic E-state index is 0.0461. The summed E-state index contributed by atoms with van der Waals surface area (Å²) in [5.74, 6) is 0.159. The standard InChI is InChI=1S/C16H20Cl2N2O/c1-2-7-19-16(21)13-4-3-8-20(11-13)10-12-5-6-14(17)9-15(12)18/h2,5-6,9,13H,1,3-4,7-8,10-11H2,(H,19,21)/t13-/m1/s1. The molecular formula is C16H20Cl2N2O. The molecule has 114 valence electrons. The van der Waals surface area contributed by atoms with Crippen LogP contribution in [0.25, 0.3) is 0 Å². The number of amides is 1. The fourth-order valence-corrected chi connectivity index (χ4v) is 3.09. The quantitative estimate of drug-likeness (QED) is 0.840. The Morgan fingerprint density at radius 1 is 1.48 bits per heavy atom. The highest BCUT2D eigenvalue weighted by Crippen LogP contribution is 2.24. The van der Waals surface area contributed by atoms with Gasteiger partial charge in [0, 0.05) is 29.7 Å². The van der Waals surface area contributed by atoms with E-state index in [0.29, 0.717) is 16.6 Å². The number of nitrogens with one attached hydrogen (secondary N) is 1. The van der Waals surface area contributed by atoms with Crippen molar-refractivity contribution in [2.75, 3.05) is 19.6 Å². The molecule has 5 heteroatoms. The van der Waals surface area contributed by atoms with Crippen LogP contribution in [0.3, 0.4) is 0 Å². The average molecular weight is 327 g/mol. The van der Waals surface area contributed by atoms with E-state index in [1.165, 1.54) is 0 Å². The van der Waals surface area contributed by atoms with Crippen molar-refractivity contribution in [2.45, 2.75) is 19.4 Å². The van der Waals surface area contributed by atoms with Crippen molar-refractivity contribution >= 4 is 29.1 Å². The van der Waals surface area contributed by atoms with Gasteiger partial charge in [-0.25, -0.2) is 0 Å². The van der Waals surface area contributed by atoms with Gasteiger partial charge in [0.25, 0.3) is 0 Å². The third kappa shape index (κ3) is 4.73. The molecule has 3 nitrogen and oxygen atoms in total. The summed E-state index contributed by atoms with van der Waals surface area (Å²) < 4.78 is 0. The molecule has 2 rings (SSSR count). The normalized spacial score (nSPS) is 19.2. The summed E-state index contributed by atoms with van der Waals surface area (Å²) >= 11 is 12.1. The lowest BCUT2D eigenvalue weighted by molar-refractivity contribution is -0.126. The van der Waals surface area contributed by atoms with E-state index in [1.807, 2.05) is 12.1 Å². The molecule has 0 unspecified atom stereocenters. The van der Waals surface area contributed by atoms with Crippen molar-refractivity contribution in [3.63, 3.8) is 0 Å². The fourth-order valence-electron chi connectivity index (χ4n) is 2.62. The number of carbonyl (C=O) groups excluding carboxylic acids is 1. The maximum absolute atomic E-state index is 12.0. The van der Waals surface area contributed by atoms with E-state index in [1.54, 1.807) is 12.1 Å². The van der Waals surface area contributed by atoms with E-state index in [0.717, 1.165) is 38.0 Å². The predicted octanol–water partition coefficient (Wildman–Crippen LogP) is 3.51. The lowest BCUT2D eigenvalue weighted by atomic mass is 9.96. The van der Waals surface area contributed by atoms with Crippen molar-refractivity contribution in [3.05, 3.63) is 46.5 Å². The molecule has 1 aliphatic heterocycles. The molecule has 0 radical (unpaired) electrons. The number of hydrogen-bond acceptors (Lipinski definition) is 2. The van der Waals surface area contributed by atoms with Crippen molar-refractivity contribution < 1.29 is 4.79 Å². The molecule has 1 aromatic carbocycles. The van der Waals surface area contributed by atoms with Gasteiger partial charge in [0.2, 0.25) is 5.91 Å². The molecule has 0 aromatic heterocycles. The molecule has 1 fully saturated rings. The lowest BCUT2D eigenvalue weighted by Gasteiger charge is -2.32. The SMILES string of the molecule is C=CCNC(=O)[C@@H]1CCCN(Cc2ccc(Cl)cc2Cl)C1. The highest BCUT2D eigenvalue weighted by molar-refractivity contribution is 6.35. The first kappa shape index (κ1) is 16.3. The highest BCUT2D eigenvalue weighted by atomic mass is 35.5. The van der Waals surface area contributed by atoms with Gasteiger partial charge in [-0.15, -0.1) is 6.58 Å². The van der Waals surface area contributed by atoms with Gasteiger partial charge in [-0.1, -0.05) is 35.3 Å².